The number of anilines is 3. The van der Waals surface area contributed by atoms with E-state index in [4.69, 9.17) is 4.74 Å². The minimum Gasteiger partial charge on any atom is -0.373 e. The highest BCUT2D eigenvalue weighted by Crippen LogP contribution is 2.26. The third-order valence-electron chi connectivity index (χ3n) is 6.09. The highest BCUT2D eigenvalue weighted by atomic mass is 19.1. The fraction of sp³-hybridized carbons (Fsp3) is 0.417. The van der Waals surface area contributed by atoms with Gasteiger partial charge in [0.15, 0.2) is 0 Å². The number of ether oxygens (including phenoxy) is 1. The van der Waals surface area contributed by atoms with Crippen LogP contribution in [0.15, 0.2) is 42.7 Å². The second-order valence-electron chi connectivity index (χ2n) is 8.77. The van der Waals surface area contributed by atoms with Gasteiger partial charge in [-0.1, -0.05) is 0 Å². The normalized spacial score (nSPS) is 19.2. The number of nitrogens with zero attached hydrogens (tertiary/aromatic N) is 5. The van der Waals surface area contributed by atoms with E-state index >= 15 is 0 Å². The summed E-state index contributed by atoms with van der Waals surface area (Å²) in [5, 5.41) is 7.54. The molecule has 0 amide bonds. The summed E-state index contributed by atoms with van der Waals surface area (Å²) in [7, 11) is 0. The van der Waals surface area contributed by atoms with Gasteiger partial charge in [0.2, 0.25) is 5.95 Å². The SMILES string of the molecule is Cc1cc(Nc2ncn(-c3cc(F)cc(F)c3)n2)cc(N2CCOC(CN3CCCC3)C2)c1. The van der Waals surface area contributed by atoms with Gasteiger partial charge < -0.3 is 19.9 Å². The molecule has 2 aliphatic rings. The predicted molar refractivity (Wildman–Crippen MR) is 123 cm³/mol. The van der Waals surface area contributed by atoms with E-state index < -0.39 is 11.6 Å². The van der Waals surface area contributed by atoms with Crippen molar-refractivity contribution < 1.29 is 13.5 Å². The van der Waals surface area contributed by atoms with Crippen molar-refractivity contribution >= 4 is 17.3 Å². The smallest absolute Gasteiger partial charge is 0.246 e. The lowest BCUT2D eigenvalue weighted by Gasteiger charge is -2.36. The molecule has 174 valence electrons. The largest absolute Gasteiger partial charge is 0.373 e. The summed E-state index contributed by atoms with van der Waals surface area (Å²) in [6.07, 6.45) is 4.19. The quantitative estimate of drug-likeness (QED) is 0.610. The molecule has 1 unspecified atom stereocenters. The molecule has 2 saturated heterocycles. The average Bonchev–Trinajstić information content (AvgIpc) is 3.45. The van der Waals surface area contributed by atoms with E-state index in [2.05, 4.69) is 44.3 Å². The first-order valence-electron chi connectivity index (χ1n) is 11.4. The van der Waals surface area contributed by atoms with Gasteiger partial charge in [-0.2, -0.15) is 4.98 Å². The Labute approximate surface area is 192 Å². The van der Waals surface area contributed by atoms with Gasteiger partial charge in [-0.15, -0.1) is 5.10 Å². The van der Waals surface area contributed by atoms with E-state index in [1.165, 1.54) is 49.1 Å². The van der Waals surface area contributed by atoms with Crippen LogP contribution in [0.25, 0.3) is 5.69 Å². The second kappa shape index (κ2) is 9.44. The van der Waals surface area contributed by atoms with Crippen molar-refractivity contribution in [1.82, 2.24) is 19.7 Å². The number of rotatable bonds is 6. The summed E-state index contributed by atoms with van der Waals surface area (Å²) in [4.78, 5) is 9.10. The van der Waals surface area contributed by atoms with Gasteiger partial charge in [-0.3, -0.25) is 0 Å². The van der Waals surface area contributed by atoms with Gasteiger partial charge in [-0.25, -0.2) is 13.5 Å². The summed E-state index contributed by atoms with van der Waals surface area (Å²) in [6, 6.07) is 9.52. The summed E-state index contributed by atoms with van der Waals surface area (Å²) in [5.41, 5.74) is 3.37. The molecule has 7 nitrogen and oxygen atoms in total. The maximum absolute atomic E-state index is 13.5. The van der Waals surface area contributed by atoms with Crippen LogP contribution >= 0.6 is 0 Å². The fourth-order valence-electron chi connectivity index (χ4n) is 4.58. The van der Waals surface area contributed by atoms with Crippen LogP contribution in [0.4, 0.5) is 26.1 Å². The third kappa shape index (κ3) is 5.31. The number of halogens is 2. The van der Waals surface area contributed by atoms with Gasteiger partial charge in [0.1, 0.15) is 18.0 Å². The lowest BCUT2D eigenvalue weighted by atomic mass is 10.1. The predicted octanol–water partition coefficient (Wildman–Crippen LogP) is 3.90. The Hall–Kier alpha value is -3.04. The Bertz CT molecular complexity index is 1090. The highest BCUT2D eigenvalue weighted by Gasteiger charge is 2.24. The molecule has 2 fully saturated rings. The number of likely N-dealkylation sites (tertiary alicyclic amines) is 1. The molecule has 2 aliphatic heterocycles. The molecule has 0 aliphatic carbocycles. The summed E-state index contributed by atoms with van der Waals surface area (Å²) < 4.78 is 34.5. The van der Waals surface area contributed by atoms with Gasteiger partial charge >= 0.3 is 0 Å². The number of benzene rings is 2. The van der Waals surface area contributed by atoms with Crippen LogP contribution in [0.5, 0.6) is 0 Å². The molecule has 9 heteroatoms. The first-order chi connectivity index (χ1) is 16.0. The lowest BCUT2D eigenvalue weighted by Crippen LogP contribution is -2.47. The number of aryl methyl sites for hydroxylation is 1. The molecular weight excluding hydrogens is 426 g/mol. The average molecular weight is 455 g/mol. The maximum Gasteiger partial charge on any atom is 0.246 e. The van der Waals surface area contributed by atoms with Crippen molar-refractivity contribution in [2.24, 2.45) is 0 Å². The van der Waals surface area contributed by atoms with Crippen LogP contribution in [0.3, 0.4) is 0 Å². The van der Waals surface area contributed by atoms with Crippen LogP contribution in [-0.4, -0.2) is 65.1 Å². The first-order valence-corrected chi connectivity index (χ1v) is 11.4. The first kappa shape index (κ1) is 21.8. The van der Waals surface area contributed by atoms with Crippen LogP contribution in [0, 0.1) is 18.6 Å². The molecule has 33 heavy (non-hydrogen) atoms. The molecular formula is C24H28F2N6O. The lowest BCUT2D eigenvalue weighted by molar-refractivity contribution is 0.0202. The number of hydrogen-bond donors (Lipinski definition) is 1. The number of morpholine rings is 1. The van der Waals surface area contributed by atoms with Crippen molar-refractivity contribution in [3.8, 4) is 5.69 Å². The zero-order valence-corrected chi connectivity index (χ0v) is 18.7. The Balaban J connectivity index is 1.29. The second-order valence-corrected chi connectivity index (χ2v) is 8.77. The molecule has 0 radical (unpaired) electrons. The van der Waals surface area contributed by atoms with E-state index in [1.54, 1.807) is 0 Å². The molecule has 0 saturated carbocycles. The van der Waals surface area contributed by atoms with Crippen molar-refractivity contribution in [1.29, 1.82) is 0 Å². The van der Waals surface area contributed by atoms with Crippen molar-refractivity contribution in [3.05, 3.63) is 59.9 Å². The van der Waals surface area contributed by atoms with Crippen molar-refractivity contribution in [2.45, 2.75) is 25.9 Å². The van der Waals surface area contributed by atoms with Gasteiger partial charge in [0.25, 0.3) is 0 Å². The molecule has 3 aromatic rings. The van der Waals surface area contributed by atoms with E-state index in [0.717, 1.165) is 42.6 Å². The third-order valence-corrected chi connectivity index (χ3v) is 6.09. The van der Waals surface area contributed by atoms with Crippen LogP contribution < -0.4 is 10.2 Å². The van der Waals surface area contributed by atoms with Crippen molar-refractivity contribution in [2.75, 3.05) is 49.5 Å². The van der Waals surface area contributed by atoms with Crippen molar-refractivity contribution in [3.63, 3.8) is 0 Å². The molecule has 1 N–H and O–H groups in total. The number of hydrogen-bond acceptors (Lipinski definition) is 6. The maximum atomic E-state index is 13.5. The molecule has 5 rings (SSSR count). The monoisotopic (exact) mass is 454 g/mol. The molecule has 3 heterocycles. The summed E-state index contributed by atoms with van der Waals surface area (Å²) in [5.74, 6) is -0.969. The van der Waals surface area contributed by atoms with Gasteiger partial charge in [0, 0.05) is 37.1 Å². The summed E-state index contributed by atoms with van der Waals surface area (Å²) in [6.45, 7) is 7.79. The summed E-state index contributed by atoms with van der Waals surface area (Å²) >= 11 is 0. The van der Waals surface area contributed by atoms with Crippen LogP contribution in [0.1, 0.15) is 18.4 Å². The number of nitrogens with one attached hydrogen (secondary N) is 1. The Morgan fingerprint density at radius 1 is 1.00 bits per heavy atom. The Morgan fingerprint density at radius 3 is 2.58 bits per heavy atom. The minimum absolute atomic E-state index is 0.206. The van der Waals surface area contributed by atoms with Crippen LogP contribution in [0.2, 0.25) is 0 Å². The van der Waals surface area contributed by atoms with Crippen LogP contribution in [-0.2, 0) is 4.74 Å². The molecule has 0 bridgehead atoms. The van der Waals surface area contributed by atoms with Gasteiger partial charge in [-0.05, 0) is 68.8 Å². The van der Waals surface area contributed by atoms with Gasteiger partial charge in [0.05, 0.1) is 18.4 Å². The van der Waals surface area contributed by atoms with E-state index in [9.17, 15) is 8.78 Å². The number of aromatic nitrogens is 3. The Kier molecular flexibility index (Phi) is 6.24. The molecule has 1 aromatic heterocycles. The molecule has 1 atom stereocenters. The topological polar surface area (TPSA) is 58.5 Å². The zero-order chi connectivity index (χ0) is 22.8. The van der Waals surface area contributed by atoms with E-state index in [1.807, 2.05) is 6.07 Å². The molecule has 0 spiro atoms. The van der Waals surface area contributed by atoms with E-state index in [-0.39, 0.29) is 11.8 Å². The van der Waals surface area contributed by atoms with E-state index in [0.29, 0.717) is 12.6 Å². The fourth-order valence-corrected chi connectivity index (χ4v) is 4.58. The highest BCUT2D eigenvalue weighted by molar-refractivity contribution is 5.64. The minimum atomic E-state index is -0.660. The molecule has 2 aromatic carbocycles. The Morgan fingerprint density at radius 2 is 1.79 bits per heavy atom. The zero-order valence-electron chi connectivity index (χ0n) is 18.7. The standard InChI is InChI=1S/C24H28F2N6O/c1-17-8-20(28-24-27-16-32(29-24)22-11-18(25)10-19(26)12-22)13-21(9-17)31-6-7-33-23(15-31)14-30-4-2-3-5-30/h8-13,16,23H,2-7,14-15H2,1H3,(H,28,29).